The van der Waals surface area contributed by atoms with E-state index in [-0.39, 0.29) is 4.90 Å². The summed E-state index contributed by atoms with van der Waals surface area (Å²) in [7, 11) is -2.21. The van der Waals surface area contributed by atoms with Gasteiger partial charge in [-0.1, -0.05) is 31.5 Å². The van der Waals surface area contributed by atoms with E-state index in [2.05, 4.69) is 34.8 Å². The van der Waals surface area contributed by atoms with Crippen LogP contribution in [0.4, 0.5) is 0 Å². The largest absolute Gasteiger partial charge is 0.744 e. The van der Waals surface area contributed by atoms with E-state index in [0.29, 0.717) is 0 Å². The van der Waals surface area contributed by atoms with E-state index in [9.17, 15) is 13.0 Å². The van der Waals surface area contributed by atoms with Gasteiger partial charge in [-0.05, 0) is 18.6 Å². The summed E-state index contributed by atoms with van der Waals surface area (Å²) in [5.74, 6) is 0. The zero-order valence-corrected chi connectivity index (χ0v) is 12.6. The highest BCUT2D eigenvalue weighted by molar-refractivity contribution is 7.85. The molecule has 0 saturated carbocycles. The normalized spacial score (nSPS) is 10.8. The zero-order valence-electron chi connectivity index (χ0n) is 11.8. The molecule has 0 saturated heterocycles. The maximum atomic E-state index is 10.3. The second-order valence-corrected chi connectivity index (χ2v) is 5.82. The van der Waals surface area contributed by atoms with Gasteiger partial charge in [-0.3, -0.25) is 0 Å². The molecule has 0 fully saturated rings. The molecule has 0 atom stereocenters. The molecule has 2 rings (SSSR count). The summed E-state index contributed by atoms with van der Waals surface area (Å²) in [5, 5.41) is 0. The summed E-state index contributed by atoms with van der Waals surface area (Å²) < 4.78 is 35.1. The minimum absolute atomic E-state index is 0.185. The molecule has 20 heavy (non-hydrogen) atoms. The second-order valence-electron chi connectivity index (χ2n) is 4.44. The minimum Gasteiger partial charge on any atom is -0.744 e. The van der Waals surface area contributed by atoms with Crippen molar-refractivity contribution in [1.82, 2.24) is 4.57 Å². The van der Waals surface area contributed by atoms with Gasteiger partial charge in [-0.15, -0.1) is 0 Å². The lowest BCUT2D eigenvalue weighted by atomic mass is 10.3. The molecule has 0 aliphatic rings. The Balaban J connectivity index is 0.000000200. The summed E-state index contributed by atoms with van der Waals surface area (Å²) in [6, 6.07) is 7.19. The number of unbranched alkanes of at least 4 members (excludes halogenated alkanes) is 1. The van der Waals surface area contributed by atoms with Crippen LogP contribution >= 0.6 is 0 Å². The zero-order chi connectivity index (χ0) is 15.0. The maximum Gasteiger partial charge on any atom is 0.243 e. The number of benzene rings is 1. The van der Waals surface area contributed by atoms with E-state index in [1.807, 2.05) is 7.05 Å². The van der Waals surface area contributed by atoms with Crippen LogP contribution in [0.3, 0.4) is 0 Å². The van der Waals surface area contributed by atoms with Crippen molar-refractivity contribution >= 4 is 10.1 Å². The SMILES string of the molecule is CCCCn1cc[n+](C)c1.O=S(=O)([O-])c1ccccc1. The molecule has 0 N–H and O–H groups in total. The first-order chi connectivity index (χ1) is 9.43. The van der Waals surface area contributed by atoms with E-state index in [1.165, 1.54) is 37.1 Å². The van der Waals surface area contributed by atoms with Gasteiger partial charge in [0.05, 0.1) is 18.5 Å². The van der Waals surface area contributed by atoms with Crippen molar-refractivity contribution < 1.29 is 17.5 Å². The fourth-order valence-corrected chi connectivity index (χ4v) is 2.05. The Morgan fingerprint density at radius 3 is 2.30 bits per heavy atom. The van der Waals surface area contributed by atoms with Crippen LogP contribution in [0.1, 0.15) is 19.8 Å². The summed E-state index contributed by atoms with van der Waals surface area (Å²) in [5.41, 5.74) is 0. The average molecular weight is 296 g/mol. The lowest BCUT2D eigenvalue weighted by molar-refractivity contribution is -0.671. The van der Waals surface area contributed by atoms with Crippen LogP contribution in [0.5, 0.6) is 0 Å². The Morgan fingerprint density at radius 1 is 1.25 bits per heavy atom. The molecule has 0 aliphatic carbocycles. The number of aromatic nitrogens is 2. The second kappa shape index (κ2) is 7.81. The standard InChI is InChI=1S/C8H15N2.C6H6O3S/c1-3-4-5-10-7-6-9(2)8-10;7-10(8,9)6-4-2-1-3-5-6/h6-8H,3-5H2,1-2H3;1-5H,(H,7,8,9)/q+1;/p-1. The monoisotopic (exact) mass is 296 g/mol. The minimum atomic E-state index is -4.25. The van der Waals surface area contributed by atoms with Gasteiger partial charge in [0.2, 0.25) is 6.33 Å². The van der Waals surface area contributed by atoms with Crippen LogP contribution in [0.2, 0.25) is 0 Å². The predicted octanol–water partition coefficient (Wildman–Crippen LogP) is 1.70. The third kappa shape index (κ3) is 5.99. The van der Waals surface area contributed by atoms with Gasteiger partial charge in [0.25, 0.3) is 0 Å². The lowest BCUT2D eigenvalue weighted by Gasteiger charge is -2.04. The summed E-state index contributed by atoms with van der Waals surface area (Å²) in [4.78, 5) is -0.185. The smallest absolute Gasteiger partial charge is 0.243 e. The Labute approximate surface area is 120 Å². The van der Waals surface area contributed by atoms with Crippen LogP contribution in [0.15, 0.2) is 53.9 Å². The van der Waals surface area contributed by atoms with Crippen molar-refractivity contribution in [3.8, 4) is 0 Å². The van der Waals surface area contributed by atoms with Crippen molar-refractivity contribution in [2.24, 2.45) is 7.05 Å². The third-order valence-corrected chi connectivity index (χ3v) is 3.47. The lowest BCUT2D eigenvalue weighted by Crippen LogP contribution is -2.23. The molecule has 0 bridgehead atoms. The molecule has 5 nitrogen and oxygen atoms in total. The topological polar surface area (TPSA) is 66.0 Å². The Hall–Kier alpha value is -1.66. The van der Waals surface area contributed by atoms with E-state index in [4.69, 9.17) is 0 Å². The fourth-order valence-electron chi connectivity index (χ4n) is 1.56. The number of rotatable bonds is 4. The van der Waals surface area contributed by atoms with Crippen molar-refractivity contribution in [2.45, 2.75) is 31.2 Å². The van der Waals surface area contributed by atoms with Gasteiger partial charge in [-0.2, -0.15) is 0 Å². The van der Waals surface area contributed by atoms with Gasteiger partial charge in [0, 0.05) is 0 Å². The number of aryl methyl sites for hydroxylation is 2. The molecule has 0 spiro atoms. The molecular weight excluding hydrogens is 276 g/mol. The van der Waals surface area contributed by atoms with E-state index in [0.717, 1.165) is 6.54 Å². The molecule has 0 amide bonds. The summed E-state index contributed by atoms with van der Waals surface area (Å²) in [6.07, 6.45) is 8.82. The summed E-state index contributed by atoms with van der Waals surface area (Å²) in [6.45, 7) is 3.36. The molecular formula is C14H20N2O3S. The highest BCUT2D eigenvalue weighted by Gasteiger charge is 1.97. The Morgan fingerprint density at radius 2 is 1.90 bits per heavy atom. The van der Waals surface area contributed by atoms with Crippen molar-refractivity contribution in [3.05, 3.63) is 49.1 Å². The quantitative estimate of drug-likeness (QED) is 0.637. The van der Waals surface area contributed by atoms with Crippen LogP contribution in [-0.4, -0.2) is 17.5 Å². The molecule has 110 valence electrons. The Kier molecular flexibility index (Phi) is 6.41. The third-order valence-electron chi connectivity index (χ3n) is 2.63. The highest BCUT2D eigenvalue weighted by atomic mass is 32.2. The molecule has 1 aromatic heterocycles. The van der Waals surface area contributed by atoms with Gasteiger partial charge in [0.1, 0.15) is 22.5 Å². The van der Waals surface area contributed by atoms with E-state index < -0.39 is 10.1 Å². The van der Waals surface area contributed by atoms with Crippen molar-refractivity contribution in [2.75, 3.05) is 0 Å². The molecule has 2 aromatic rings. The predicted molar refractivity (Wildman–Crippen MR) is 74.9 cm³/mol. The number of nitrogens with zero attached hydrogens (tertiary/aromatic N) is 2. The summed E-state index contributed by atoms with van der Waals surface area (Å²) >= 11 is 0. The first kappa shape index (κ1) is 16.4. The highest BCUT2D eigenvalue weighted by Crippen LogP contribution is 2.04. The number of hydrogen-bond acceptors (Lipinski definition) is 3. The van der Waals surface area contributed by atoms with Gasteiger partial charge in [0.15, 0.2) is 0 Å². The number of hydrogen-bond donors (Lipinski definition) is 0. The molecule has 1 heterocycles. The first-order valence-electron chi connectivity index (χ1n) is 6.45. The Bertz CT molecular complexity index is 606. The van der Waals surface area contributed by atoms with Gasteiger partial charge < -0.3 is 4.55 Å². The van der Waals surface area contributed by atoms with Crippen LogP contribution < -0.4 is 4.57 Å². The first-order valence-corrected chi connectivity index (χ1v) is 7.86. The average Bonchev–Trinajstić information content (AvgIpc) is 2.83. The van der Waals surface area contributed by atoms with Crippen molar-refractivity contribution in [1.29, 1.82) is 0 Å². The van der Waals surface area contributed by atoms with Crippen LogP contribution in [0, 0.1) is 0 Å². The van der Waals surface area contributed by atoms with Crippen LogP contribution in [0.25, 0.3) is 0 Å². The van der Waals surface area contributed by atoms with E-state index in [1.54, 1.807) is 6.07 Å². The number of imidazole rings is 1. The van der Waals surface area contributed by atoms with Crippen LogP contribution in [-0.2, 0) is 23.7 Å². The molecule has 0 unspecified atom stereocenters. The molecule has 0 aliphatic heterocycles. The van der Waals surface area contributed by atoms with Gasteiger partial charge >= 0.3 is 0 Å². The molecule has 1 aromatic carbocycles. The molecule has 0 radical (unpaired) electrons. The van der Waals surface area contributed by atoms with E-state index >= 15 is 0 Å². The molecule has 6 heteroatoms. The van der Waals surface area contributed by atoms with Gasteiger partial charge in [-0.25, -0.2) is 17.6 Å². The maximum absolute atomic E-state index is 10.3. The fraction of sp³-hybridized carbons (Fsp3) is 0.357. The van der Waals surface area contributed by atoms with Crippen molar-refractivity contribution in [3.63, 3.8) is 0 Å².